The van der Waals surface area contributed by atoms with Crippen molar-refractivity contribution in [3.05, 3.63) is 233 Å². The highest BCUT2D eigenvalue weighted by Crippen LogP contribution is 2.46. The van der Waals surface area contributed by atoms with E-state index in [9.17, 15) is 58.4 Å². The van der Waals surface area contributed by atoms with Gasteiger partial charge in [0.15, 0.2) is 0 Å². The Kier molecular flexibility index (Phi) is 23.9. The Morgan fingerprint density at radius 1 is 0.392 bits per heavy atom. The zero-order chi connectivity index (χ0) is 83.9. The van der Waals surface area contributed by atoms with Gasteiger partial charge in [-0.15, -0.1) is 0 Å². The summed E-state index contributed by atoms with van der Waals surface area (Å²) in [6, 6.07) is 25.4. The van der Waals surface area contributed by atoms with Crippen LogP contribution in [0.5, 0.6) is 23.0 Å². The molecule has 31 heteroatoms. The van der Waals surface area contributed by atoms with Gasteiger partial charge in [-0.1, -0.05) is 23.2 Å². The van der Waals surface area contributed by atoms with Crippen LogP contribution < -0.4 is 40.2 Å². The minimum atomic E-state index is -4.50. The monoisotopic (exact) mass is 1750 g/mol. The lowest BCUT2D eigenvalue weighted by Gasteiger charge is -2.25. The topological polar surface area (TPSA) is 318 Å². The van der Waals surface area contributed by atoms with Crippen LogP contribution in [0, 0.1) is 33.5 Å². The van der Waals surface area contributed by atoms with Crippen LogP contribution in [0.15, 0.2) is 145 Å². The first-order chi connectivity index (χ1) is 57.8. The van der Waals surface area contributed by atoms with E-state index < -0.39 is 91.0 Å². The number of hydrogen-bond acceptors (Lipinski definition) is 20. The summed E-state index contributed by atoms with van der Waals surface area (Å²) in [6.45, 7) is 13.4. The van der Waals surface area contributed by atoms with Gasteiger partial charge in [0.1, 0.15) is 125 Å². The van der Waals surface area contributed by atoms with E-state index in [1.165, 1.54) is 11.6 Å². The van der Waals surface area contributed by atoms with Crippen LogP contribution in [0.2, 0.25) is 10.0 Å². The number of nitrogens with one attached hydrogen (secondary N) is 4. The zero-order valence-corrected chi connectivity index (χ0v) is 69.4. The third kappa shape index (κ3) is 16.0. The first-order valence-corrected chi connectivity index (χ1v) is 42.3. The number of ether oxygens (including phenoxy) is 4. The smallest absolute Gasteiger partial charge is 0.416 e. The molecule has 20 rings (SSSR count). The Bertz CT molecular complexity index is 5810. The maximum atomic E-state index is 14.5. The molecular weight excluding hydrogens is 1660 g/mol. The number of nitrogens with zero attached hydrogens (tertiary/aromatic N) is 8. The molecule has 12 aromatic rings. The Labute approximate surface area is 707 Å². The number of aliphatic hydroxyl groups excluding tert-OH is 8. The van der Waals surface area contributed by atoms with Crippen molar-refractivity contribution in [3.8, 4) is 23.0 Å². The van der Waals surface area contributed by atoms with Crippen LogP contribution >= 0.6 is 39.1 Å². The standard InChI is InChI=1S/C23H24F3N3O3.C22H23BrFN3O3.2C22H24ClN3O3/c1-12-2-6-28-22-15(12)4-7-29(22)17-10-19(21(31)20(17)30)32-18-9-14(23(24,25)26)8-13-3-5-27-11-16(13)18;1-11-2-6-26-22-12(11)4-7-27(22)16-9-18(21(29)20(16)28)30-17-8-15(23)19(24)13-3-5-25-10-14(13)17;1-12-2-6-25-22-15(12)4-7-26(22)17-10-19(21(28)20(17)27)29-18-9-14(23)8-13-3-5-24-11-16(13)18;1-12-4-8-25-22-13(12)6-9-26(22)17-10-19(21(28)20(17)27)29-18-3-2-16(23)14-5-7-24-11-15(14)18/h2,4,6-9,17,19-21,27,30-31H,3,5,10-11H2,1H3;2,4,6-8,16,18,20-21,25,28-29H,3,5,9-10H2,1H3;2,4,6-9,17,19-21,24,27-28H,3,5,10-11H2,1H3;2-4,6,8-9,17,19-21,24,27-28H,5,7,10-11H2,1H3/t17-,19+,20+,21-;16-,18+,20+,21-;2*17-,19+,20+,21-/m1111/s1. The molecule has 4 aliphatic carbocycles. The fraction of sp³-hybridized carbons (Fsp3) is 0.416. The number of aryl methyl sites for hydroxylation is 4. The summed E-state index contributed by atoms with van der Waals surface area (Å²) in [5, 5.41) is 105. The molecule has 4 saturated carbocycles. The second-order valence-corrected chi connectivity index (χ2v) is 34.3. The predicted octanol–water partition coefficient (Wildman–Crippen LogP) is 11.6. The lowest BCUT2D eigenvalue weighted by atomic mass is 9.97. The van der Waals surface area contributed by atoms with Crippen molar-refractivity contribution in [1.82, 2.24) is 59.5 Å². The van der Waals surface area contributed by atoms with E-state index in [0.29, 0.717) is 115 Å². The Morgan fingerprint density at radius 3 is 1.12 bits per heavy atom. The molecule has 8 aromatic heterocycles. The first kappa shape index (κ1) is 83.4. The summed E-state index contributed by atoms with van der Waals surface area (Å²) < 4.78 is 87.5. The number of halogens is 7. The van der Waals surface area contributed by atoms with Crippen molar-refractivity contribution < 1.29 is 77.4 Å². The van der Waals surface area contributed by atoms with Crippen LogP contribution in [-0.2, 0) is 58.0 Å². The lowest BCUT2D eigenvalue weighted by Crippen LogP contribution is -2.35. The number of alkyl halides is 3. The molecule has 120 heavy (non-hydrogen) atoms. The Hall–Kier alpha value is -8.86. The average molecular weight is 1750 g/mol. The molecule has 632 valence electrons. The summed E-state index contributed by atoms with van der Waals surface area (Å²) in [6.07, 6.45) is 3.66. The SMILES string of the molecule is Cc1ccnc2c1ccn2[C@@H]1C[C@H](Oc2cc(Br)c(F)c3c2CNCC3)[C@@H](O)[C@H]1O.Cc1ccnc2c1ccn2[C@@H]1C[C@H](Oc2cc(C(F)(F)F)cc3c2CNCC3)[C@@H](O)[C@H]1O.Cc1ccnc2c1ccn2[C@@H]1C[C@H](Oc2cc(Cl)cc3c2CNCC3)[C@@H](O)[C@H]1O.Cc1ccnc2c1ccn2[C@@H]1C[C@H](Oc2ccc(Cl)c3c2CNCC3)[C@@H](O)[C@H]1O. The molecule has 8 aliphatic rings. The molecule has 0 amide bonds. The highest BCUT2D eigenvalue weighted by Gasteiger charge is 2.49. The summed E-state index contributed by atoms with van der Waals surface area (Å²) >= 11 is 15.9. The molecule has 12 N–H and O–H groups in total. The van der Waals surface area contributed by atoms with Crippen molar-refractivity contribution in [2.24, 2.45) is 0 Å². The van der Waals surface area contributed by atoms with Crippen molar-refractivity contribution in [3.63, 3.8) is 0 Å². The largest absolute Gasteiger partial charge is 0.487 e. The van der Waals surface area contributed by atoms with E-state index in [1.54, 1.807) is 36.9 Å². The molecule has 4 aliphatic heterocycles. The molecule has 24 nitrogen and oxygen atoms in total. The van der Waals surface area contributed by atoms with Crippen LogP contribution in [0.3, 0.4) is 0 Å². The van der Waals surface area contributed by atoms with E-state index >= 15 is 0 Å². The van der Waals surface area contributed by atoms with Crippen molar-refractivity contribution in [1.29, 1.82) is 0 Å². The molecular formula is C89H95BrCl2F4N12O12. The minimum Gasteiger partial charge on any atom is -0.487 e. The fourth-order valence-electron chi connectivity index (χ4n) is 18.7. The summed E-state index contributed by atoms with van der Waals surface area (Å²) in [4.78, 5) is 17.9. The predicted molar refractivity (Wildman–Crippen MR) is 448 cm³/mol. The Balaban J connectivity index is 0.000000114. The lowest BCUT2D eigenvalue weighted by molar-refractivity contribution is -0.137. The van der Waals surface area contributed by atoms with Gasteiger partial charge >= 0.3 is 6.18 Å². The fourth-order valence-corrected chi connectivity index (χ4v) is 19.7. The number of benzene rings is 4. The van der Waals surface area contributed by atoms with Crippen LogP contribution in [-0.4, -0.2) is 178 Å². The van der Waals surface area contributed by atoms with E-state index in [-0.39, 0.29) is 36.1 Å². The summed E-state index contributed by atoms with van der Waals surface area (Å²) in [5.74, 6) is 1.78. The molecule has 0 bridgehead atoms. The molecule has 0 saturated heterocycles. The molecule has 4 aromatic carbocycles. The molecule has 12 heterocycles. The van der Waals surface area contributed by atoms with Gasteiger partial charge < -0.3 is 99.3 Å². The average Bonchev–Trinajstić information content (AvgIpc) is 1.62. The third-order valence-electron chi connectivity index (χ3n) is 25.3. The second kappa shape index (κ2) is 34.5. The van der Waals surface area contributed by atoms with Crippen molar-refractivity contribution in [2.75, 3.05) is 26.2 Å². The van der Waals surface area contributed by atoms with Gasteiger partial charge in [0.2, 0.25) is 0 Å². The number of hydrogen-bond donors (Lipinski definition) is 12. The number of aliphatic hydroxyl groups is 8. The first-order valence-electron chi connectivity index (χ1n) is 40.7. The maximum Gasteiger partial charge on any atom is 0.416 e. The highest BCUT2D eigenvalue weighted by atomic mass is 79.9. The van der Waals surface area contributed by atoms with Gasteiger partial charge in [0, 0.05) is 155 Å². The molecule has 0 radical (unpaired) electrons. The zero-order valence-electron chi connectivity index (χ0n) is 66.3. The number of pyridine rings is 4. The number of aromatic nitrogens is 8. The molecule has 4 fully saturated rings. The quantitative estimate of drug-likeness (QED) is 0.0506. The van der Waals surface area contributed by atoms with Crippen molar-refractivity contribution >= 4 is 83.3 Å². The maximum absolute atomic E-state index is 14.5. The van der Waals surface area contributed by atoms with E-state index in [1.807, 2.05) is 137 Å². The van der Waals surface area contributed by atoms with Crippen molar-refractivity contribution in [2.45, 2.75) is 209 Å². The normalized spacial score (nSPS) is 26.3. The molecule has 0 unspecified atom stereocenters. The van der Waals surface area contributed by atoms with Gasteiger partial charge in [0.25, 0.3) is 0 Å². The number of rotatable bonds is 12. The van der Waals surface area contributed by atoms with E-state index in [4.69, 9.17) is 42.1 Å². The highest BCUT2D eigenvalue weighted by molar-refractivity contribution is 9.10. The summed E-state index contributed by atoms with van der Waals surface area (Å²) in [5.41, 5.74) is 13.8. The van der Waals surface area contributed by atoms with Crippen LogP contribution in [0.4, 0.5) is 17.6 Å². The van der Waals surface area contributed by atoms with Gasteiger partial charge in [-0.2, -0.15) is 13.2 Å². The second-order valence-electron chi connectivity index (χ2n) is 32.6. The third-order valence-corrected chi connectivity index (χ3v) is 26.5. The minimum absolute atomic E-state index is 0.102. The summed E-state index contributed by atoms with van der Waals surface area (Å²) in [7, 11) is 0. The molecule has 16 atom stereocenters. The van der Waals surface area contributed by atoms with Gasteiger partial charge in [-0.05, 0) is 231 Å². The van der Waals surface area contributed by atoms with Gasteiger partial charge in [-0.25, -0.2) is 24.3 Å². The van der Waals surface area contributed by atoms with Crippen LogP contribution in [0.1, 0.15) is 122 Å². The van der Waals surface area contributed by atoms with E-state index in [0.717, 1.165) is 126 Å². The van der Waals surface area contributed by atoms with Crippen LogP contribution in [0.25, 0.3) is 44.1 Å². The Morgan fingerprint density at radius 2 is 0.725 bits per heavy atom. The van der Waals surface area contributed by atoms with Gasteiger partial charge in [-0.3, -0.25) is 0 Å². The van der Waals surface area contributed by atoms with E-state index in [2.05, 4.69) is 57.1 Å². The number of fused-ring (bicyclic) bond motifs is 8. The van der Waals surface area contributed by atoms with Gasteiger partial charge in [0.05, 0.1) is 34.2 Å². The molecule has 0 spiro atoms.